The Labute approximate surface area is 143 Å². The van der Waals surface area contributed by atoms with Crippen molar-refractivity contribution in [1.82, 2.24) is 15.1 Å². The van der Waals surface area contributed by atoms with Crippen molar-refractivity contribution in [1.29, 1.82) is 0 Å². The molecule has 5 nitrogen and oxygen atoms in total. The Bertz CT molecular complexity index is 527. The van der Waals surface area contributed by atoms with Gasteiger partial charge in [-0.1, -0.05) is 17.7 Å². The van der Waals surface area contributed by atoms with Crippen molar-refractivity contribution in [2.75, 3.05) is 53.5 Å². The first kappa shape index (κ1) is 16.8. The van der Waals surface area contributed by atoms with Crippen LogP contribution in [-0.2, 0) is 6.54 Å². The number of hydrogen-bond acceptors (Lipinski definition) is 5. The Hall–Kier alpha value is -1.01. The van der Waals surface area contributed by atoms with E-state index in [0.29, 0.717) is 16.5 Å². The molecule has 2 aliphatic rings. The van der Waals surface area contributed by atoms with Crippen LogP contribution >= 0.6 is 11.6 Å². The molecule has 3 rings (SSSR count). The van der Waals surface area contributed by atoms with E-state index in [1.54, 1.807) is 14.2 Å². The maximum absolute atomic E-state index is 6.49. The number of hydrogen-bond donors (Lipinski definition) is 1. The fourth-order valence-corrected chi connectivity index (χ4v) is 3.82. The first-order valence-corrected chi connectivity index (χ1v) is 8.67. The number of rotatable bonds is 5. The van der Waals surface area contributed by atoms with Gasteiger partial charge in [0.15, 0.2) is 11.5 Å². The van der Waals surface area contributed by atoms with E-state index in [-0.39, 0.29) is 0 Å². The van der Waals surface area contributed by atoms with E-state index in [1.165, 1.54) is 6.42 Å². The van der Waals surface area contributed by atoms with Crippen LogP contribution in [0.2, 0.25) is 5.02 Å². The van der Waals surface area contributed by atoms with Crippen molar-refractivity contribution >= 4 is 11.6 Å². The second kappa shape index (κ2) is 7.71. The van der Waals surface area contributed by atoms with Gasteiger partial charge >= 0.3 is 0 Å². The van der Waals surface area contributed by atoms with Crippen LogP contribution in [-0.4, -0.2) is 69.3 Å². The number of nitrogens with zero attached hydrogens (tertiary/aromatic N) is 2. The lowest BCUT2D eigenvalue weighted by atomic mass is 10.1. The summed E-state index contributed by atoms with van der Waals surface area (Å²) in [5.41, 5.74) is 1.10. The minimum Gasteiger partial charge on any atom is -0.493 e. The lowest BCUT2D eigenvalue weighted by Crippen LogP contribution is -2.50. The quantitative estimate of drug-likeness (QED) is 0.886. The van der Waals surface area contributed by atoms with Crippen LogP contribution in [0.25, 0.3) is 0 Å². The molecule has 2 aliphatic heterocycles. The molecule has 1 aromatic rings. The van der Waals surface area contributed by atoms with Gasteiger partial charge in [-0.05, 0) is 24.6 Å². The van der Waals surface area contributed by atoms with E-state index in [1.807, 2.05) is 12.1 Å². The standard InChI is InChI=1S/C17H26ClN3O2/c1-22-15-4-3-13(16(18)17(15)23-2)12-20-7-9-21(10-8-20)14-5-6-19-11-14/h3-4,14,19H,5-12H2,1-2H3. The third-order valence-corrected chi connectivity index (χ3v) is 5.33. The van der Waals surface area contributed by atoms with E-state index >= 15 is 0 Å². The molecule has 0 saturated carbocycles. The van der Waals surface area contributed by atoms with Crippen molar-refractivity contribution in [3.8, 4) is 11.5 Å². The molecular formula is C17H26ClN3O2. The fraction of sp³-hybridized carbons (Fsp3) is 0.647. The second-order valence-electron chi connectivity index (χ2n) is 6.23. The highest BCUT2D eigenvalue weighted by Crippen LogP contribution is 2.37. The molecule has 1 unspecified atom stereocenters. The molecule has 0 bridgehead atoms. The Morgan fingerprint density at radius 3 is 2.57 bits per heavy atom. The average Bonchev–Trinajstić information content (AvgIpc) is 3.11. The summed E-state index contributed by atoms with van der Waals surface area (Å²) in [6, 6.07) is 4.69. The van der Waals surface area contributed by atoms with Crippen molar-refractivity contribution in [2.45, 2.75) is 19.0 Å². The predicted octanol–water partition coefficient (Wildman–Crippen LogP) is 1.84. The van der Waals surface area contributed by atoms with Gasteiger partial charge in [0.2, 0.25) is 0 Å². The summed E-state index contributed by atoms with van der Waals surface area (Å²) in [6.45, 7) is 7.60. The summed E-state index contributed by atoms with van der Waals surface area (Å²) in [4.78, 5) is 5.08. The first-order valence-electron chi connectivity index (χ1n) is 8.29. The molecule has 0 aliphatic carbocycles. The summed E-state index contributed by atoms with van der Waals surface area (Å²) in [6.07, 6.45) is 1.28. The SMILES string of the molecule is COc1ccc(CN2CCN(C3CCNC3)CC2)c(Cl)c1OC. The van der Waals surface area contributed by atoms with E-state index in [9.17, 15) is 0 Å². The minimum atomic E-state index is 0.627. The summed E-state index contributed by atoms with van der Waals surface area (Å²) in [5.74, 6) is 1.31. The van der Waals surface area contributed by atoms with Gasteiger partial charge in [0.1, 0.15) is 0 Å². The van der Waals surface area contributed by atoms with Crippen LogP contribution in [0.1, 0.15) is 12.0 Å². The number of nitrogens with one attached hydrogen (secondary N) is 1. The van der Waals surface area contributed by atoms with Crippen LogP contribution in [0.3, 0.4) is 0 Å². The topological polar surface area (TPSA) is 37.0 Å². The molecule has 1 N–H and O–H groups in total. The summed E-state index contributed by atoms with van der Waals surface area (Å²) in [5, 5.41) is 4.11. The molecule has 0 spiro atoms. The lowest BCUT2D eigenvalue weighted by molar-refractivity contribution is 0.0981. The molecule has 1 aromatic carbocycles. The molecule has 23 heavy (non-hydrogen) atoms. The van der Waals surface area contributed by atoms with Crippen molar-refractivity contribution in [2.24, 2.45) is 0 Å². The van der Waals surface area contributed by atoms with E-state index in [0.717, 1.165) is 57.4 Å². The number of halogens is 1. The van der Waals surface area contributed by atoms with Crippen LogP contribution in [0.5, 0.6) is 11.5 Å². The normalized spacial score (nSPS) is 23.2. The fourth-order valence-electron chi connectivity index (χ4n) is 3.53. The third-order valence-electron chi connectivity index (χ3n) is 4.92. The van der Waals surface area contributed by atoms with E-state index in [4.69, 9.17) is 21.1 Å². The second-order valence-corrected chi connectivity index (χ2v) is 6.61. The van der Waals surface area contributed by atoms with Gasteiger partial charge in [-0.2, -0.15) is 0 Å². The number of benzene rings is 1. The van der Waals surface area contributed by atoms with E-state index < -0.39 is 0 Å². The highest BCUT2D eigenvalue weighted by Gasteiger charge is 2.26. The molecule has 1 atom stereocenters. The number of ether oxygens (including phenoxy) is 2. The smallest absolute Gasteiger partial charge is 0.179 e. The third kappa shape index (κ3) is 3.74. The van der Waals surface area contributed by atoms with Gasteiger partial charge in [0.25, 0.3) is 0 Å². The zero-order chi connectivity index (χ0) is 16.2. The molecule has 0 amide bonds. The summed E-state index contributed by atoms with van der Waals surface area (Å²) >= 11 is 6.49. The molecule has 0 aromatic heterocycles. The number of piperazine rings is 1. The zero-order valence-electron chi connectivity index (χ0n) is 14.0. The Kier molecular flexibility index (Phi) is 5.64. The van der Waals surface area contributed by atoms with Gasteiger partial charge in [-0.3, -0.25) is 9.80 Å². The summed E-state index contributed by atoms with van der Waals surface area (Å²) in [7, 11) is 3.26. The van der Waals surface area contributed by atoms with Gasteiger partial charge in [0, 0.05) is 45.3 Å². The molecule has 2 saturated heterocycles. The molecular weight excluding hydrogens is 314 g/mol. The molecule has 6 heteroatoms. The average molecular weight is 340 g/mol. The Balaban J connectivity index is 1.60. The Morgan fingerprint density at radius 1 is 1.17 bits per heavy atom. The highest BCUT2D eigenvalue weighted by molar-refractivity contribution is 6.33. The van der Waals surface area contributed by atoms with Crippen molar-refractivity contribution in [3.05, 3.63) is 22.7 Å². The van der Waals surface area contributed by atoms with Crippen LogP contribution in [0, 0.1) is 0 Å². The lowest BCUT2D eigenvalue weighted by Gasteiger charge is -2.38. The molecule has 2 heterocycles. The van der Waals surface area contributed by atoms with Crippen LogP contribution in [0.15, 0.2) is 12.1 Å². The van der Waals surface area contributed by atoms with Gasteiger partial charge < -0.3 is 14.8 Å². The maximum atomic E-state index is 6.49. The molecule has 0 radical (unpaired) electrons. The van der Waals surface area contributed by atoms with E-state index in [2.05, 4.69) is 15.1 Å². The molecule has 2 fully saturated rings. The van der Waals surface area contributed by atoms with Gasteiger partial charge in [-0.15, -0.1) is 0 Å². The largest absolute Gasteiger partial charge is 0.493 e. The van der Waals surface area contributed by atoms with Crippen LogP contribution < -0.4 is 14.8 Å². The van der Waals surface area contributed by atoms with Gasteiger partial charge in [0.05, 0.1) is 19.2 Å². The highest BCUT2D eigenvalue weighted by atomic mass is 35.5. The predicted molar refractivity (Wildman–Crippen MR) is 92.7 cm³/mol. The zero-order valence-corrected chi connectivity index (χ0v) is 14.7. The molecule has 128 valence electrons. The summed E-state index contributed by atoms with van der Waals surface area (Å²) < 4.78 is 10.7. The number of methoxy groups -OCH3 is 2. The van der Waals surface area contributed by atoms with Crippen molar-refractivity contribution in [3.63, 3.8) is 0 Å². The van der Waals surface area contributed by atoms with Crippen molar-refractivity contribution < 1.29 is 9.47 Å². The maximum Gasteiger partial charge on any atom is 0.179 e. The van der Waals surface area contributed by atoms with Gasteiger partial charge in [-0.25, -0.2) is 0 Å². The van der Waals surface area contributed by atoms with Crippen LogP contribution in [0.4, 0.5) is 0 Å². The minimum absolute atomic E-state index is 0.627. The Morgan fingerprint density at radius 2 is 1.96 bits per heavy atom. The first-order chi connectivity index (χ1) is 11.2. The monoisotopic (exact) mass is 339 g/mol.